The highest BCUT2D eigenvalue weighted by Crippen LogP contribution is 2.10. The largest absolute Gasteiger partial charge is 0.491 e. The average Bonchev–Trinajstić information content (AvgIpc) is 2.45. The third-order valence-electron chi connectivity index (χ3n) is 2.70. The van der Waals surface area contributed by atoms with E-state index >= 15 is 0 Å². The summed E-state index contributed by atoms with van der Waals surface area (Å²) < 4.78 is 24.8. The lowest BCUT2D eigenvalue weighted by molar-refractivity contribution is 0.110. The lowest BCUT2D eigenvalue weighted by atomic mass is 10.3. The normalized spacial score (nSPS) is 10.5. The van der Waals surface area contributed by atoms with Crippen LogP contribution >= 0.6 is 0 Å². The number of ether oxygens (including phenoxy) is 2. The molecule has 0 unspecified atom stereocenters. The SMILES string of the molecule is CCOCCOc1ccn(-c2ccc(F)cc2)c(=O)c1. The van der Waals surface area contributed by atoms with Gasteiger partial charge in [0.25, 0.3) is 5.56 Å². The fourth-order valence-corrected chi connectivity index (χ4v) is 1.73. The fourth-order valence-electron chi connectivity index (χ4n) is 1.73. The van der Waals surface area contributed by atoms with E-state index in [2.05, 4.69) is 0 Å². The first kappa shape index (κ1) is 14.3. The van der Waals surface area contributed by atoms with E-state index in [0.717, 1.165) is 0 Å². The van der Waals surface area contributed by atoms with E-state index in [0.29, 0.717) is 31.3 Å². The summed E-state index contributed by atoms with van der Waals surface area (Å²) in [7, 11) is 0. The lowest BCUT2D eigenvalue weighted by Crippen LogP contribution is -2.17. The fraction of sp³-hybridized carbons (Fsp3) is 0.267. The third-order valence-corrected chi connectivity index (χ3v) is 2.70. The molecule has 20 heavy (non-hydrogen) atoms. The maximum atomic E-state index is 12.8. The molecule has 0 bridgehead atoms. The van der Waals surface area contributed by atoms with Gasteiger partial charge >= 0.3 is 0 Å². The highest BCUT2D eigenvalue weighted by molar-refractivity contribution is 5.33. The van der Waals surface area contributed by atoms with E-state index in [4.69, 9.17) is 9.47 Å². The van der Waals surface area contributed by atoms with E-state index in [-0.39, 0.29) is 11.4 Å². The highest BCUT2D eigenvalue weighted by atomic mass is 19.1. The van der Waals surface area contributed by atoms with E-state index < -0.39 is 0 Å². The number of pyridine rings is 1. The van der Waals surface area contributed by atoms with Crippen LogP contribution in [0, 0.1) is 5.82 Å². The summed E-state index contributed by atoms with van der Waals surface area (Å²) in [4.78, 5) is 12.0. The van der Waals surface area contributed by atoms with Crippen LogP contribution in [-0.2, 0) is 4.74 Å². The van der Waals surface area contributed by atoms with Crippen LogP contribution in [0.1, 0.15) is 6.92 Å². The molecule has 1 aromatic carbocycles. The third kappa shape index (κ3) is 3.68. The molecule has 0 aliphatic heterocycles. The van der Waals surface area contributed by atoms with Gasteiger partial charge in [-0.3, -0.25) is 9.36 Å². The first-order chi connectivity index (χ1) is 9.70. The highest BCUT2D eigenvalue weighted by Gasteiger charge is 2.02. The van der Waals surface area contributed by atoms with Crippen LogP contribution in [0.2, 0.25) is 0 Å². The molecule has 0 aliphatic rings. The number of nitrogens with zero attached hydrogens (tertiary/aromatic N) is 1. The van der Waals surface area contributed by atoms with Crippen molar-refractivity contribution in [1.82, 2.24) is 4.57 Å². The van der Waals surface area contributed by atoms with Crippen molar-refractivity contribution in [3.05, 3.63) is 58.8 Å². The molecule has 0 atom stereocenters. The Morgan fingerprint density at radius 3 is 2.55 bits per heavy atom. The van der Waals surface area contributed by atoms with Gasteiger partial charge in [-0.2, -0.15) is 0 Å². The number of hydrogen-bond donors (Lipinski definition) is 0. The maximum Gasteiger partial charge on any atom is 0.258 e. The van der Waals surface area contributed by atoms with Crippen LogP contribution in [0.4, 0.5) is 4.39 Å². The van der Waals surface area contributed by atoms with Crippen molar-refractivity contribution in [2.75, 3.05) is 19.8 Å². The second-order valence-electron chi connectivity index (χ2n) is 4.09. The number of hydrogen-bond acceptors (Lipinski definition) is 3. The van der Waals surface area contributed by atoms with Gasteiger partial charge in [0, 0.05) is 24.6 Å². The molecule has 0 saturated carbocycles. The standard InChI is InChI=1S/C15H16FNO3/c1-2-19-9-10-20-14-7-8-17(15(18)11-14)13-5-3-12(16)4-6-13/h3-8,11H,2,9-10H2,1H3. The zero-order valence-electron chi connectivity index (χ0n) is 11.2. The molecule has 4 nitrogen and oxygen atoms in total. The minimum absolute atomic E-state index is 0.231. The van der Waals surface area contributed by atoms with Crippen LogP contribution in [0.3, 0.4) is 0 Å². The van der Waals surface area contributed by atoms with Crippen LogP contribution in [0.15, 0.2) is 47.4 Å². The Hall–Kier alpha value is -2.14. The zero-order chi connectivity index (χ0) is 14.4. The van der Waals surface area contributed by atoms with Crippen LogP contribution in [0.25, 0.3) is 5.69 Å². The smallest absolute Gasteiger partial charge is 0.258 e. The summed E-state index contributed by atoms with van der Waals surface area (Å²) in [6.45, 7) is 3.42. The molecule has 0 amide bonds. The van der Waals surface area contributed by atoms with Gasteiger partial charge in [-0.1, -0.05) is 0 Å². The topological polar surface area (TPSA) is 40.5 Å². The van der Waals surface area contributed by atoms with Gasteiger partial charge in [0.2, 0.25) is 0 Å². The Labute approximate surface area is 116 Å². The lowest BCUT2D eigenvalue weighted by Gasteiger charge is -2.09. The molecular weight excluding hydrogens is 261 g/mol. The molecule has 1 aromatic heterocycles. The van der Waals surface area contributed by atoms with Gasteiger partial charge in [-0.25, -0.2) is 4.39 Å². The maximum absolute atomic E-state index is 12.8. The number of halogens is 1. The van der Waals surface area contributed by atoms with Crippen molar-refractivity contribution in [3.8, 4) is 11.4 Å². The van der Waals surface area contributed by atoms with Crippen LogP contribution < -0.4 is 10.3 Å². The van der Waals surface area contributed by atoms with Gasteiger partial charge in [0.1, 0.15) is 18.2 Å². The molecule has 0 aliphatic carbocycles. The molecule has 0 N–H and O–H groups in total. The van der Waals surface area contributed by atoms with Gasteiger partial charge in [-0.05, 0) is 37.3 Å². The Morgan fingerprint density at radius 1 is 1.15 bits per heavy atom. The summed E-state index contributed by atoms with van der Waals surface area (Å²) in [5, 5.41) is 0. The zero-order valence-corrected chi connectivity index (χ0v) is 11.2. The van der Waals surface area contributed by atoms with E-state index in [1.165, 1.54) is 22.8 Å². The molecule has 5 heteroatoms. The molecule has 2 aromatic rings. The average molecular weight is 277 g/mol. The number of benzene rings is 1. The van der Waals surface area contributed by atoms with Crippen LogP contribution in [0.5, 0.6) is 5.75 Å². The molecule has 0 fully saturated rings. The van der Waals surface area contributed by atoms with Gasteiger partial charge in [0.05, 0.1) is 6.61 Å². The monoisotopic (exact) mass is 277 g/mol. The predicted octanol–water partition coefficient (Wildman–Crippen LogP) is 2.39. The minimum atomic E-state index is -0.335. The molecule has 0 radical (unpaired) electrons. The summed E-state index contributed by atoms with van der Waals surface area (Å²) in [6.07, 6.45) is 1.60. The van der Waals surface area contributed by atoms with E-state index in [1.54, 1.807) is 24.4 Å². The molecule has 2 rings (SSSR count). The van der Waals surface area contributed by atoms with Crippen molar-refractivity contribution in [1.29, 1.82) is 0 Å². The second kappa shape index (κ2) is 6.86. The Kier molecular flexibility index (Phi) is 4.90. The van der Waals surface area contributed by atoms with Crippen molar-refractivity contribution in [3.63, 3.8) is 0 Å². The van der Waals surface area contributed by atoms with Crippen LogP contribution in [-0.4, -0.2) is 24.4 Å². The quantitative estimate of drug-likeness (QED) is 0.761. The van der Waals surface area contributed by atoms with Crippen molar-refractivity contribution in [2.24, 2.45) is 0 Å². The van der Waals surface area contributed by atoms with Gasteiger partial charge in [-0.15, -0.1) is 0 Å². The molecule has 0 spiro atoms. The van der Waals surface area contributed by atoms with Gasteiger partial charge in [0.15, 0.2) is 0 Å². The Balaban J connectivity index is 2.10. The number of aromatic nitrogens is 1. The van der Waals surface area contributed by atoms with Gasteiger partial charge < -0.3 is 9.47 Å². The van der Waals surface area contributed by atoms with Crippen molar-refractivity contribution < 1.29 is 13.9 Å². The summed E-state index contributed by atoms with van der Waals surface area (Å²) in [6, 6.07) is 8.81. The molecule has 1 heterocycles. The Bertz CT molecular complexity index is 607. The van der Waals surface area contributed by atoms with Crippen molar-refractivity contribution >= 4 is 0 Å². The number of rotatable bonds is 6. The first-order valence-electron chi connectivity index (χ1n) is 6.40. The summed E-state index contributed by atoms with van der Waals surface area (Å²) in [5.41, 5.74) is 0.378. The first-order valence-corrected chi connectivity index (χ1v) is 6.40. The predicted molar refractivity (Wildman–Crippen MR) is 74.0 cm³/mol. The minimum Gasteiger partial charge on any atom is -0.491 e. The second-order valence-corrected chi connectivity index (χ2v) is 4.09. The molecule has 106 valence electrons. The molecular formula is C15H16FNO3. The summed E-state index contributed by atoms with van der Waals surface area (Å²) in [5.74, 6) is 0.158. The Morgan fingerprint density at radius 2 is 1.90 bits per heavy atom. The van der Waals surface area contributed by atoms with Crippen molar-refractivity contribution in [2.45, 2.75) is 6.92 Å². The van der Waals surface area contributed by atoms with E-state index in [9.17, 15) is 9.18 Å². The summed E-state index contributed by atoms with van der Waals surface area (Å²) >= 11 is 0. The molecule has 0 saturated heterocycles. The van der Waals surface area contributed by atoms with E-state index in [1.807, 2.05) is 6.92 Å².